The van der Waals surface area contributed by atoms with Crippen molar-refractivity contribution in [2.75, 3.05) is 79.2 Å². The lowest BCUT2D eigenvalue weighted by Crippen LogP contribution is -2.59. The summed E-state index contributed by atoms with van der Waals surface area (Å²) in [6.07, 6.45) is 8.00. The van der Waals surface area contributed by atoms with Crippen molar-refractivity contribution in [3.8, 4) is 11.4 Å². The fourth-order valence-corrected chi connectivity index (χ4v) is 8.65. The predicted molar refractivity (Wildman–Crippen MR) is 214 cm³/mol. The molecular weight excluding hydrogens is 771 g/mol. The molecule has 7 rings (SSSR count). The van der Waals surface area contributed by atoms with Crippen molar-refractivity contribution in [1.82, 2.24) is 50.1 Å². The number of urea groups is 1. The number of esters is 1. The second-order valence-corrected chi connectivity index (χ2v) is 15.8. The van der Waals surface area contributed by atoms with Gasteiger partial charge >= 0.3 is 12.0 Å². The van der Waals surface area contributed by atoms with Crippen LogP contribution in [0.15, 0.2) is 67.3 Å². The molecule has 0 saturated carbocycles. The first-order valence-corrected chi connectivity index (χ1v) is 20.1. The van der Waals surface area contributed by atoms with Crippen LogP contribution >= 0.6 is 23.2 Å². The minimum atomic E-state index is -0.586. The normalized spacial score (nSPS) is 20.0. The van der Waals surface area contributed by atoms with Crippen LogP contribution in [0.2, 0.25) is 10.0 Å². The Morgan fingerprint density at radius 3 is 2.37 bits per heavy atom. The fourth-order valence-electron chi connectivity index (χ4n) is 8.36. The fraction of sp³-hybridized carbons (Fsp3) is 0.475. The van der Waals surface area contributed by atoms with Crippen LogP contribution in [0.1, 0.15) is 54.1 Å². The van der Waals surface area contributed by atoms with E-state index in [2.05, 4.69) is 30.7 Å². The SMILES string of the molecule is CCOC(=O)CN1CCN(C(=O)NC2(c3cccnc3)CCN(CCC3(c4ccc(Cl)c(Cl)c4)CCN(C(=O)c4cc(-n5cnnn5)ccc4OC)C3)CC2)CC1. The number of pyridine rings is 1. The van der Waals surface area contributed by atoms with E-state index in [4.69, 9.17) is 32.7 Å². The van der Waals surface area contributed by atoms with Crippen LogP contribution in [0, 0.1) is 0 Å². The third kappa shape index (κ3) is 9.01. The molecule has 0 aliphatic carbocycles. The van der Waals surface area contributed by atoms with E-state index in [-0.39, 0.29) is 29.9 Å². The van der Waals surface area contributed by atoms with Gasteiger partial charge < -0.3 is 29.5 Å². The van der Waals surface area contributed by atoms with E-state index in [1.54, 1.807) is 38.4 Å². The number of amides is 3. The van der Waals surface area contributed by atoms with Gasteiger partial charge in [-0.2, -0.15) is 0 Å². The second kappa shape index (κ2) is 17.8. The number of piperazine rings is 1. The number of likely N-dealkylation sites (tertiary alicyclic amines) is 2. The standard InChI is InChI=1S/C40H48Cl2N10O5/c1-3-57-36(53)26-49-19-21-50(22-20-49)38(55)45-40(30-5-4-14-43-25-30)12-16-48(17-13-40)15-10-39(29-6-8-33(41)34(42)23-29)11-18-51(27-39)37(54)32-24-31(7-9-35(32)56-2)52-28-44-46-47-52/h4-9,14,23-25,28H,3,10-13,15-22,26-27H2,1-2H3,(H,45,55). The number of carbonyl (C=O) groups is 3. The number of carbonyl (C=O) groups excluding carboxylic acids is 3. The number of tetrazole rings is 1. The summed E-state index contributed by atoms with van der Waals surface area (Å²) >= 11 is 13.0. The maximum Gasteiger partial charge on any atom is 0.320 e. The van der Waals surface area contributed by atoms with Crippen LogP contribution in [0.3, 0.4) is 0 Å². The van der Waals surface area contributed by atoms with Crippen molar-refractivity contribution < 1.29 is 23.9 Å². The average Bonchev–Trinajstić information content (AvgIpc) is 3.94. The zero-order chi connectivity index (χ0) is 40.0. The van der Waals surface area contributed by atoms with Gasteiger partial charge in [0, 0.05) is 70.2 Å². The van der Waals surface area contributed by atoms with Crippen molar-refractivity contribution in [3.05, 3.63) is 94.0 Å². The van der Waals surface area contributed by atoms with E-state index < -0.39 is 5.54 Å². The molecular formula is C40H48Cl2N10O5. The van der Waals surface area contributed by atoms with Gasteiger partial charge in [-0.25, -0.2) is 9.48 Å². The van der Waals surface area contributed by atoms with E-state index in [0.717, 1.165) is 43.6 Å². The lowest BCUT2D eigenvalue weighted by Gasteiger charge is -2.45. The lowest BCUT2D eigenvalue weighted by atomic mass is 9.76. The molecule has 15 nitrogen and oxygen atoms in total. The summed E-state index contributed by atoms with van der Waals surface area (Å²) in [4.78, 5) is 52.7. The summed E-state index contributed by atoms with van der Waals surface area (Å²) in [6.45, 7) is 7.94. The Hall–Kier alpha value is -4.83. The van der Waals surface area contributed by atoms with Crippen LogP contribution in [0.25, 0.3) is 5.69 Å². The van der Waals surface area contributed by atoms with E-state index in [0.29, 0.717) is 85.8 Å². The number of rotatable bonds is 12. The molecule has 3 aliphatic rings. The maximum atomic E-state index is 14.2. The maximum absolute atomic E-state index is 14.2. The van der Waals surface area contributed by atoms with Gasteiger partial charge in [0.25, 0.3) is 5.91 Å². The highest BCUT2D eigenvalue weighted by Crippen LogP contribution is 2.42. The molecule has 302 valence electrons. The van der Waals surface area contributed by atoms with Crippen LogP contribution < -0.4 is 10.1 Å². The first-order chi connectivity index (χ1) is 27.6. The Morgan fingerprint density at radius 2 is 1.68 bits per heavy atom. The smallest absolute Gasteiger partial charge is 0.320 e. The monoisotopic (exact) mass is 818 g/mol. The van der Waals surface area contributed by atoms with E-state index in [1.165, 1.54) is 11.0 Å². The Balaban J connectivity index is 1.04. The highest BCUT2D eigenvalue weighted by Gasteiger charge is 2.44. The minimum Gasteiger partial charge on any atom is -0.496 e. The molecule has 2 aromatic carbocycles. The molecule has 3 saturated heterocycles. The largest absolute Gasteiger partial charge is 0.496 e. The Kier molecular flexibility index (Phi) is 12.6. The Morgan fingerprint density at radius 1 is 0.877 bits per heavy atom. The second-order valence-electron chi connectivity index (χ2n) is 14.9. The van der Waals surface area contributed by atoms with Crippen LogP contribution in [-0.2, 0) is 20.5 Å². The predicted octanol–water partition coefficient (Wildman–Crippen LogP) is 4.43. The third-order valence-corrected chi connectivity index (χ3v) is 12.4. The van der Waals surface area contributed by atoms with E-state index in [1.807, 2.05) is 51.2 Å². The molecule has 1 atom stereocenters. The number of ether oxygens (including phenoxy) is 2. The molecule has 4 aromatic rings. The Bertz CT molecular complexity index is 2020. The minimum absolute atomic E-state index is 0.113. The molecule has 1 unspecified atom stereocenters. The summed E-state index contributed by atoms with van der Waals surface area (Å²) in [5.41, 5.74) is 2.13. The molecule has 3 aliphatic heterocycles. The van der Waals surface area contributed by atoms with Gasteiger partial charge in [0.15, 0.2) is 0 Å². The molecule has 2 aromatic heterocycles. The first-order valence-electron chi connectivity index (χ1n) is 19.4. The van der Waals surface area contributed by atoms with Gasteiger partial charge in [-0.05, 0) is 97.1 Å². The number of benzene rings is 2. The number of halogens is 2. The van der Waals surface area contributed by atoms with Gasteiger partial charge in [-0.15, -0.1) is 5.10 Å². The highest BCUT2D eigenvalue weighted by atomic mass is 35.5. The molecule has 57 heavy (non-hydrogen) atoms. The summed E-state index contributed by atoms with van der Waals surface area (Å²) in [6, 6.07) is 14.9. The van der Waals surface area contributed by atoms with Crippen molar-refractivity contribution in [2.45, 2.75) is 43.6 Å². The zero-order valence-electron chi connectivity index (χ0n) is 32.3. The molecule has 5 heterocycles. The van der Waals surface area contributed by atoms with Crippen LogP contribution in [0.5, 0.6) is 5.75 Å². The van der Waals surface area contributed by atoms with E-state index in [9.17, 15) is 14.4 Å². The van der Waals surface area contributed by atoms with Gasteiger partial charge in [0.1, 0.15) is 12.1 Å². The average molecular weight is 820 g/mol. The number of nitrogens with one attached hydrogen (secondary N) is 1. The summed E-state index contributed by atoms with van der Waals surface area (Å²) in [7, 11) is 1.55. The Labute approximate surface area is 342 Å². The number of nitrogens with zero attached hydrogens (tertiary/aromatic N) is 9. The van der Waals surface area contributed by atoms with Crippen molar-refractivity contribution >= 4 is 41.1 Å². The molecule has 0 bridgehead atoms. The molecule has 17 heteroatoms. The molecule has 0 radical (unpaired) electrons. The first kappa shape index (κ1) is 40.4. The number of piperidine rings is 1. The van der Waals surface area contributed by atoms with Gasteiger partial charge in [0.05, 0.1) is 47.1 Å². The lowest BCUT2D eigenvalue weighted by molar-refractivity contribution is -0.144. The van der Waals surface area contributed by atoms with Crippen LogP contribution in [0.4, 0.5) is 4.79 Å². The quantitative estimate of drug-likeness (QED) is 0.202. The van der Waals surface area contributed by atoms with Crippen LogP contribution in [-0.4, -0.2) is 142 Å². The van der Waals surface area contributed by atoms with Gasteiger partial charge in [0.2, 0.25) is 0 Å². The molecule has 3 fully saturated rings. The number of methoxy groups -OCH3 is 1. The van der Waals surface area contributed by atoms with Crippen molar-refractivity contribution in [1.29, 1.82) is 0 Å². The molecule has 3 amide bonds. The number of hydrogen-bond donors (Lipinski definition) is 1. The molecule has 1 N–H and O–H groups in total. The zero-order valence-corrected chi connectivity index (χ0v) is 33.8. The summed E-state index contributed by atoms with van der Waals surface area (Å²) < 4.78 is 12.2. The highest BCUT2D eigenvalue weighted by molar-refractivity contribution is 6.42. The van der Waals surface area contributed by atoms with Crippen molar-refractivity contribution in [2.24, 2.45) is 0 Å². The summed E-state index contributed by atoms with van der Waals surface area (Å²) in [5, 5.41) is 15.8. The number of hydrogen-bond acceptors (Lipinski definition) is 11. The third-order valence-electron chi connectivity index (χ3n) is 11.7. The molecule has 0 spiro atoms. The van der Waals surface area contributed by atoms with Crippen molar-refractivity contribution in [3.63, 3.8) is 0 Å². The number of aromatic nitrogens is 5. The summed E-state index contributed by atoms with van der Waals surface area (Å²) in [5.74, 6) is 0.0839. The van der Waals surface area contributed by atoms with Gasteiger partial charge in [-0.1, -0.05) is 35.3 Å². The van der Waals surface area contributed by atoms with E-state index >= 15 is 0 Å². The topological polar surface area (TPSA) is 151 Å². The van der Waals surface area contributed by atoms with Gasteiger partial charge in [-0.3, -0.25) is 19.5 Å².